The first kappa shape index (κ1) is 30.7. The van der Waals surface area contributed by atoms with Crippen LogP contribution in [0.3, 0.4) is 0 Å². The van der Waals surface area contributed by atoms with Gasteiger partial charge >= 0.3 is 0 Å². The van der Waals surface area contributed by atoms with E-state index in [4.69, 9.17) is 9.47 Å². The Bertz CT molecular complexity index is 1700. The largest absolute Gasteiger partial charge is 0.392 e. The lowest BCUT2D eigenvalue weighted by molar-refractivity contribution is -0.268. The maximum absolute atomic E-state index is 12.5. The van der Waals surface area contributed by atoms with Gasteiger partial charge in [-0.25, -0.2) is 0 Å². The van der Waals surface area contributed by atoms with Gasteiger partial charge in [0.15, 0.2) is 6.29 Å². The van der Waals surface area contributed by atoms with Crippen LogP contribution in [0.4, 0.5) is 0 Å². The van der Waals surface area contributed by atoms with Crippen LogP contribution in [0.15, 0.2) is 133 Å². The molecule has 1 fully saturated rings. The van der Waals surface area contributed by atoms with E-state index >= 15 is 0 Å². The van der Waals surface area contributed by atoms with Crippen molar-refractivity contribution >= 4 is 17.7 Å². The molecule has 1 aliphatic heterocycles. The van der Waals surface area contributed by atoms with Crippen LogP contribution in [-0.4, -0.2) is 27.9 Å². The highest BCUT2D eigenvalue weighted by Gasteiger charge is 2.38. The number of aliphatic hydroxyl groups excluding tert-OH is 1. The smallest absolute Gasteiger partial charge is 0.253 e. The van der Waals surface area contributed by atoms with Crippen molar-refractivity contribution in [2.75, 3.05) is 5.75 Å². The highest BCUT2D eigenvalue weighted by molar-refractivity contribution is 7.99. The van der Waals surface area contributed by atoms with Gasteiger partial charge in [0.1, 0.15) is 0 Å². The highest BCUT2D eigenvalue weighted by Crippen LogP contribution is 2.43. The maximum Gasteiger partial charge on any atom is 0.253 e. The van der Waals surface area contributed by atoms with E-state index in [1.807, 2.05) is 48.5 Å². The molecule has 6 rings (SSSR count). The van der Waals surface area contributed by atoms with Gasteiger partial charge in [0.05, 0.1) is 24.4 Å². The molecule has 228 valence electrons. The molecule has 1 aliphatic rings. The number of thioether (sulfide) groups is 1. The van der Waals surface area contributed by atoms with Gasteiger partial charge in [-0.05, 0) is 64.2 Å². The van der Waals surface area contributed by atoms with E-state index in [2.05, 4.69) is 71.8 Å². The molecule has 1 saturated heterocycles. The van der Waals surface area contributed by atoms with Gasteiger partial charge in [0, 0.05) is 41.1 Å². The minimum absolute atomic E-state index is 0.00824. The van der Waals surface area contributed by atoms with Gasteiger partial charge in [-0.15, -0.1) is 11.8 Å². The number of hydrogen-bond acceptors (Lipinski definition) is 6. The van der Waals surface area contributed by atoms with Gasteiger partial charge < -0.3 is 19.9 Å². The van der Waals surface area contributed by atoms with Crippen molar-refractivity contribution in [1.82, 2.24) is 10.3 Å². The summed E-state index contributed by atoms with van der Waals surface area (Å²) in [6.45, 7) is 2.60. The summed E-state index contributed by atoms with van der Waals surface area (Å²) in [6.07, 6.45) is 2.44. The average molecular weight is 617 g/mol. The molecule has 4 aromatic carbocycles. The van der Waals surface area contributed by atoms with Gasteiger partial charge in [0.2, 0.25) is 0 Å². The number of amides is 1. The summed E-state index contributed by atoms with van der Waals surface area (Å²) in [6, 6.07) is 38.4. The van der Waals surface area contributed by atoms with Crippen molar-refractivity contribution < 1.29 is 19.4 Å². The van der Waals surface area contributed by atoms with E-state index in [0.717, 1.165) is 39.1 Å². The van der Waals surface area contributed by atoms with Crippen LogP contribution >= 0.6 is 11.8 Å². The first-order valence-corrected chi connectivity index (χ1v) is 16.1. The van der Waals surface area contributed by atoms with E-state index in [1.54, 1.807) is 36.3 Å². The molecule has 2 heterocycles. The second-order valence-electron chi connectivity index (χ2n) is 11.2. The Hall–Kier alpha value is -4.27. The molecule has 7 heteroatoms. The third kappa shape index (κ3) is 7.70. The van der Waals surface area contributed by atoms with Crippen molar-refractivity contribution in [2.24, 2.45) is 5.92 Å². The summed E-state index contributed by atoms with van der Waals surface area (Å²) in [5.41, 5.74) is 6.50. The Morgan fingerprint density at radius 2 is 1.60 bits per heavy atom. The third-order valence-corrected chi connectivity index (χ3v) is 9.18. The molecule has 1 amide bonds. The zero-order valence-corrected chi connectivity index (χ0v) is 25.9. The lowest BCUT2D eigenvalue weighted by atomic mass is 9.91. The zero-order chi connectivity index (χ0) is 31.0. The topological polar surface area (TPSA) is 80.7 Å². The molecule has 1 aromatic heterocycles. The van der Waals surface area contributed by atoms with E-state index in [9.17, 15) is 9.90 Å². The lowest BCUT2D eigenvalue weighted by Gasteiger charge is -2.41. The second-order valence-corrected chi connectivity index (χ2v) is 12.3. The first-order valence-electron chi connectivity index (χ1n) is 15.1. The standard InChI is InChI=1S/C38H36N2O4S/c1-26-35(25-45-34-13-3-2-4-14-34)43-38(44-36(26)29-17-15-27(24-41)16-18-29)32-11-6-10-31(21-32)30-9-5-8-28(20-30)22-40-37(42)33-12-7-19-39-23-33/h2-21,23,26,35-36,38,41H,22,24-25H2,1H3,(H,40,42)/t26-,35+,36+,38+/m0/s1. The first-order chi connectivity index (χ1) is 22.1. The summed E-state index contributed by atoms with van der Waals surface area (Å²) in [5, 5.41) is 12.5. The lowest BCUT2D eigenvalue weighted by Crippen LogP contribution is -2.38. The highest BCUT2D eigenvalue weighted by atomic mass is 32.2. The fourth-order valence-electron chi connectivity index (χ4n) is 5.51. The molecule has 0 radical (unpaired) electrons. The molecule has 45 heavy (non-hydrogen) atoms. The van der Waals surface area contributed by atoms with Gasteiger partial charge in [-0.1, -0.05) is 85.8 Å². The Labute approximate surface area is 268 Å². The quantitative estimate of drug-likeness (QED) is 0.156. The normalized spacial score (nSPS) is 19.6. The van der Waals surface area contributed by atoms with Gasteiger partial charge in [-0.3, -0.25) is 9.78 Å². The molecule has 0 unspecified atom stereocenters. The number of aromatic nitrogens is 1. The predicted octanol–water partition coefficient (Wildman–Crippen LogP) is 7.75. The molecule has 2 N–H and O–H groups in total. The van der Waals surface area contributed by atoms with E-state index in [-0.39, 0.29) is 30.6 Å². The maximum atomic E-state index is 12.5. The van der Waals surface area contributed by atoms with Crippen LogP contribution in [0.1, 0.15) is 51.9 Å². The third-order valence-electron chi connectivity index (χ3n) is 8.08. The van der Waals surface area contributed by atoms with E-state index in [0.29, 0.717) is 12.1 Å². The molecular formula is C38H36N2O4S. The molecule has 4 atom stereocenters. The number of rotatable bonds is 10. The summed E-state index contributed by atoms with van der Waals surface area (Å²) < 4.78 is 13.4. The van der Waals surface area contributed by atoms with Crippen molar-refractivity contribution in [3.8, 4) is 11.1 Å². The molecular weight excluding hydrogens is 580 g/mol. The summed E-state index contributed by atoms with van der Waals surface area (Å²) >= 11 is 1.79. The predicted molar refractivity (Wildman–Crippen MR) is 177 cm³/mol. The number of pyridine rings is 1. The van der Waals surface area contributed by atoms with Crippen molar-refractivity contribution in [3.63, 3.8) is 0 Å². The molecule has 6 nitrogen and oxygen atoms in total. The van der Waals surface area contributed by atoms with Crippen LogP contribution in [-0.2, 0) is 22.6 Å². The number of carbonyl (C=O) groups is 1. The van der Waals surface area contributed by atoms with Crippen LogP contribution in [0, 0.1) is 5.92 Å². The fourth-order valence-corrected chi connectivity index (χ4v) is 6.60. The SMILES string of the molecule is C[C@H]1[C@@H](CSc2ccccc2)O[C@@H](c2cccc(-c3cccc(CNC(=O)c4cccnc4)c3)c2)O[C@H]1c1ccc(CO)cc1. The molecule has 0 saturated carbocycles. The van der Waals surface area contributed by atoms with Crippen LogP contribution in [0.2, 0.25) is 0 Å². The Morgan fingerprint density at radius 1 is 0.822 bits per heavy atom. The van der Waals surface area contributed by atoms with Crippen LogP contribution < -0.4 is 5.32 Å². The average Bonchev–Trinajstić information content (AvgIpc) is 3.11. The van der Waals surface area contributed by atoms with Crippen molar-refractivity contribution in [2.45, 2.75) is 43.5 Å². The zero-order valence-electron chi connectivity index (χ0n) is 25.1. The van der Waals surface area contributed by atoms with Crippen molar-refractivity contribution in [3.05, 3.63) is 155 Å². The number of nitrogens with one attached hydrogen (secondary N) is 1. The minimum atomic E-state index is -0.549. The number of carbonyl (C=O) groups excluding carboxylic acids is 1. The fraction of sp³-hybridized carbons (Fsp3) is 0.211. The minimum Gasteiger partial charge on any atom is -0.392 e. The number of aliphatic hydroxyl groups is 1. The molecule has 0 spiro atoms. The van der Waals surface area contributed by atoms with Crippen LogP contribution in [0.5, 0.6) is 0 Å². The number of ether oxygens (including phenoxy) is 2. The van der Waals surface area contributed by atoms with Crippen LogP contribution in [0.25, 0.3) is 11.1 Å². The molecule has 0 bridgehead atoms. The van der Waals surface area contributed by atoms with Gasteiger partial charge in [-0.2, -0.15) is 0 Å². The second kappa shape index (κ2) is 14.7. The Kier molecular flexibility index (Phi) is 10.0. The summed E-state index contributed by atoms with van der Waals surface area (Å²) in [5.74, 6) is 0.749. The van der Waals surface area contributed by atoms with E-state index in [1.165, 1.54) is 4.90 Å². The molecule has 0 aliphatic carbocycles. The van der Waals surface area contributed by atoms with Crippen molar-refractivity contribution in [1.29, 1.82) is 0 Å². The Balaban J connectivity index is 1.22. The number of hydrogen-bond donors (Lipinski definition) is 2. The monoisotopic (exact) mass is 616 g/mol. The van der Waals surface area contributed by atoms with Gasteiger partial charge in [0.25, 0.3) is 5.91 Å². The number of nitrogens with zero attached hydrogens (tertiary/aromatic N) is 1. The Morgan fingerprint density at radius 3 is 2.36 bits per heavy atom. The number of benzene rings is 4. The van der Waals surface area contributed by atoms with E-state index < -0.39 is 6.29 Å². The summed E-state index contributed by atoms with van der Waals surface area (Å²) in [7, 11) is 0. The molecule has 5 aromatic rings. The summed E-state index contributed by atoms with van der Waals surface area (Å²) in [4.78, 5) is 17.8.